The van der Waals surface area contributed by atoms with E-state index in [1.54, 1.807) is 15.9 Å². The summed E-state index contributed by atoms with van der Waals surface area (Å²) in [5.41, 5.74) is 5.19. The fraction of sp³-hybridized carbons (Fsp3) is 0.600. The summed E-state index contributed by atoms with van der Waals surface area (Å²) in [4.78, 5) is 54.2. The Hall–Kier alpha value is -4.56. The minimum absolute atomic E-state index is 0.00802. The number of allylic oxidation sites excluding steroid dienone is 1. The summed E-state index contributed by atoms with van der Waals surface area (Å²) in [6.07, 6.45) is 2.86. The van der Waals surface area contributed by atoms with Crippen molar-refractivity contribution in [2.75, 3.05) is 94.3 Å². The maximum absolute atomic E-state index is 13.9. The fourth-order valence-electron chi connectivity index (χ4n) is 5.81. The normalized spacial score (nSPS) is 20.6. The first-order valence-corrected chi connectivity index (χ1v) is 15.8. The summed E-state index contributed by atoms with van der Waals surface area (Å²) < 4.78 is 39.0. The van der Waals surface area contributed by atoms with E-state index in [0.29, 0.717) is 90.0 Å². The number of hydrogen-bond donors (Lipinski definition) is 1. The van der Waals surface area contributed by atoms with Gasteiger partial charge in [0, 0.05) is 64.5 Å². The smallest absolute Gasteiger partial charge is 0.281 e. The quantitative estimate of drug-likeness (QED) is 0.284. The van der Waals surface area contributed by atoms with Gasteiger partial charge in [0.15, 0.2) is 5.82 Å². The molecule has 47 heavy (non-hydrogen) atoms. The molecule has 15 nitrogen and oxygen atoms in total. The summed E-state index contributed by atoms with van der Waals surface area (Å²) in [5.74, 6) is 0.416. The van der Waals surface area contributed by atoms with Gasteiger partial charge in [-0.25, -0.2) is 18.7 Å². The van der Waals surface area contributed by atoms with Crippen LogP contribution in [0.3, 0.4) is 0 Å². The lowest BCUT2D eigenvalue weighted by atomic mass is 10.1. The molecule has 2 aromatic rings. The highest BCUT2D eigenvalue weighted by atomic mass is 19.3. The van der Waals surface area contributed by atoms with Crippen LogP contribution in [0.15, 0.2) is 17.8 Å². The lowest BCUT2D eigenvalue weighted by Gasteiger charge is -2.35. The molecule has 17 heteroatoms. The van der Waals surface area contributed by atoms with Gasteiger partial charge in [0.2, 0.25) is 23.8 Å². The molecule has 1 aliphatic carbocycles. The number of nitriles is 1. The molecule has 0 spiro atoms. The molecular weight excluding hydrogens is 616 g/mol. The van der Waals surface area contributed by atoms with E-state index in [-0.39, 0.29) is 47.2 Å². The first-order valence-electron chi connectivity index (χ1n) is 15.8. The van der Waals surface area contributed by atoms with Crippen LogP contribution < -0.4 is 15.5 Å². The highest BCUT2D eigenvalue weighted by Crippen LogP contribution is 2.32. The molecule has 0 aromatic carbocycles. The van der Waals surface area contributed by atoms with Crippen molar-refractivity contribution in [1.29, 1.82) is 5.26 Å². The third kappa shape index (κ3) is 7.88. The van der Waals surface area contributed by atoms with Crippen molar-refractivity contribution in [1.82, 2.24) is 34.7 Å². The average Bonchev–Trinajstić information content (AvgIpc) is 3.80. The van der Waals surface area contributed by atoms with E-state index in [2.05, 4.69) is 24.9 Å². The van der Waals surface area contributed by atoms with Crippen LogP contribution in [0, 0.1) is 23.2 Å². The molecule has 2 N–H and O–H groups in total. The van der Waals surface area contributed by atoms with Crippen molar-refractivity contribution in [2.45, 2.75) is 25.7 Å². The highest BCUT2D eigenvalue weighted by molar-refractivity contribution is 5.97. The number of likely N-dealkylation sites (tertiary alicyclic amines) is 1. The number of anilines is 3. The van der Waals surface area contributed by atoms with Gasteiger partial charge in [-0.3, -0.25) is 9.59 Å². The topological polar surface area (TPSA) is 180 Å². The minimum atomic E-state index is -2.92. The van der Waals surface area contributed by atoms with E-state index in [9.17, 15) is 23.6 Å². The number of halogens is 2. The Balaban J connectivity index is 1.04. The van der Waals surface area contributed by atoms with Crippen LogP contribution >= 0.6 is 0 Å². The summed E-state index contributed by atoms with van der Waals surface area (Å²) in [6, 6.07) is 2.04. The maximum atomic E-state index is 13.9. The number of hydrogen-bond acceptors (Lipinski definition) is 13. The molecule has 2 aromatic heterocycles. The van der Waals surface area contributed by atoms with Gasteiger partial charge in [-0.1, -0.05) is 6.08 Å². The van der Waals surface area contributed by atoms with Crippen molar-refractivity contribution in [3.8, 4) is 17.5 Å². The van der Waals surface area contributed by atoms with Crippen molar-refractivity contribution < 1.29 is 27.8 Å². The van der Waals surface area contributed by atoms with Crippen LogP contribution in [0.1, 0.15) is 31.4 Å². The lowest BCUT2D eigenvalue weighted by Crippen LogP contribution is -2.50. The molecule has 4 aliphatic rings. The van der Waals surface area contributed by atoms with E-state index in [1.807, 2.05) is 15.9 Å². The van der Waals surface area contributed by atoms with Gasteiger partial charge in [0.25, 0.3) is 12.3 Å². The van der Waals surface area contributed by atoms with Gasteiger partial charge < -0.3 is 34.8 Å². The number of piperazine rings is 1. The number of amides is 2. The standard InChI is InChI=1S/C30H37F2N11O4/c31-25(32)24-22(15-35-28(34)36-24)26-37-29(39-30(38-26)42-9-11-46-12-10-42)41-7-5-40(6-8-41)23(44)18-47-17-20-3-4-43(16-20)27(45)21(14-33)13-19-1-2-19/h13,15,19-20,25H,1-12,16-18H2,(H2,34,35,36)/b21-13-/t20-/m1/s1. The van der Waals surface area contributed by atoms with Gasteiger partial charge >= 0.3 is 0 Å². The molecule has 0 unspecified atom stereocenters. The van der Waals surface area contributed by atoms with Gasteiger partial charge in [0.05, 0.1) is 25.4 Å². The minimum Gasteiger partial charge on any atom is -0.378 e. The van der Waals surface area contributed by atoms with E-state index < -0.39 is 12.1 Å². The molecule has 0 bridgehead atoms. The molecule has 5 heterocycles. The van der Waals surface area contributed by atoms with Crippen molar-refractivity contribution in [3.63, 3.8) is 0 Å². The molecule has 1 atom stereocenters. The van der Waals surface area contributed by atoms with E-state index in [1.165, 1.54) is 6.20 Å². The number of carbonyl (C=O) groups is 2. The number of nitrogen functional groups attached to an aromatic ring is 1. The third-order valence-corrected chi connectivity index (χ3v) is 8.63. The Labute approximate surface area is 270 Å². The number of carbonyl (C=O) groups excluding carboxylic acids is 2. The predicted octanol–water partition coefficient (Wildman–Crippen LogP) is 1.06. The van der Waals surface area contributed by atoms with Crippen molar-refractivity contribution >= 4 is 29.7 Å². The van der Waals surface area contributed by atoms with Crippen molar-refractivity contribution in [2.24, 2.45) is 11.8 Å². The first-order chi connectivity index (χ1) is 22.8. The highest BCUT2D eigenvalue weighted by Gasteiger charge is 2.31. The lowest BCUT2D eigenvalue weighted by molar-refractivity contribution is -0.137. The number of ether oxygens (including phenoxy) is 2. The largest absolute Gasteiger partial charge is 0.378 e. The first kappa shape index (κ1) is 32.4. The number of nitrogens with zero attached hydrogens (tertiary/aromatic N) is 10. The van der Waals surface area contributed by atoms with Crippen LogP contribution in [0.25, 0.3) is 11.4 Å². The summed E-state index contributed by atoms with van der Waals surface area (Å²) in [5, 5.41) is 9.38. The Morgan fingerprint density at radius 1 is 1.00 bits per heavy atom. The average molecular weight is 654 g/mol. The fourth-order valence-corrected chi connectivity index (χ4v) is 5.81. The van der Waals surface area contributed by atoms with Crippen molar-refractivity contribution in [3.05, 3.63) is 23.5 Å². The van der Waals surface area contributed by atoms with E-state index in [4.69, 9.17) is 15.2 Å². The summed E-state index contributed by atoms with van der Waals surface area (Å²) in [6.45, 7) is 4.92. The molecule has 4 fully saturated rings. The van der Waals surface area contributed by atoms with Crippen LogP contribution in [0.2, 0.25) is 0 Å². The Bertz CT molecular complexity index is 1540. The molecular formula is C30H37F2N11O4. The number of aromatic nitrogens is 5. The molecule has 1 saturated carbocycles. The van der Waals surface area contributed by atoms with Crippen LogP contribution in [-0.2, 0) is 19.1 Å². The van der Waals surface area contributed by atoms with Gasteiger partial charge in [-0.2, -0.15) is 20.2 Å². The maximum Gasteiger partial charge on any atom is 0.281 e. The second-order valence-electron chi connectivity index (χ2n) is 12.0. The molecule has 2 amide bonds. The zero-order chi connectivity index (χ0) is 32.9. The zero-order valence-electron chi connectivity index (χ0n) is 25.9. The van der Waals surface area contributed by atoms with Crippen LogP contribution in [-0.4, -0.2) is 125 Å². The predicted molar refractivity (Wildman–Crippen MR) is 164 cm³/mol. The number of rotatable bonds is 10. The summed E-state index contributed by atoms with van der Waals surface area (Å²) >= 11 is 0. The Morgan fingerprint density at radius 3 is 2.36 bits per heavy atom. The van der Waals surface area contributed by atoms with E-state index >= 15 is 0 Å². The van der Waals surface area contributed by atoms with E-state index in [0.717, 1.165) is 19.3 Å². The van der Waals surface area contributed by atoms with Gasteiger partial charge in [0.1, 0.15) is 23.9 Å². The monoisotopic (exact) mass is 653 g/mol. The zero-order valence-corrected chi connectivity index (χ0v) is 25.9. The molecule has 3 aliphatic heterocycles. The van der Waals surface area contributed by atoms with Crippen LogP contribution in [0.5, 0.6) is 0 Å². The molecule has 0 radical (unpaired) electrons. The van der Waals surface area contributed by atoms with Gasteiger partial charge in [-0.15, -0.1) is 0 Å². The molecule has 3 saturated heterocycles. The number of morpholine rings is 1. The second-order valence-corrected chi connectivity index (χ2v) is 12.0. The SMILES string of the molecule is N#C/C(=C/C1CC1)C(=O)N1CC[C@@H](COCC(=O)N2CCN(c3nc(-c4cnc(N)nc4C(F)F)nc(N4CCOCC4)n3)CC2)C1. The Kier molecular flexibility index (Phi) is 9.97. The number of nitrogens with two attached hydrogens (primary N) is 1. The molecule has 250 valence electrons. The third-order valence-electron chi connectivity index (χ3n) is 8.63. The Morgan fingerprint density at radius 2 is 1.70 bits per heavy atom. The number of alkyl halides is 2. The van der Waals surface area contributed by atoms with Gasteiger partial charge in [-0.05, 0) is 25.2 Å². The van der Waals surface area contributed by atoms with Crippen LogP contribution in [0.4, 0.5) is 26.6 Å². The second kappa shape index (κ2) is 14.5. The molecule has 6 rings (SSSR count). The summed E-state index contributed by atoms with van der Waals surface area (Å²) in [7, 11) is 0.